The summed E-state index contributed by atoms with van der Waals surface area (Å²) in [5.41, 5.74) is 1.04. The third-order valence-electron chi connectivity index (χ3n) is 3.34. The van der Waals surface area contributed by atoms with Gasteiger partial charge in [-0.2, -0.15) is 10.6 Å². The van der Waals surface area contributed by atoms with Crippen LogP contribution in [0.25, 0.3) is 0 Å². The second kappa shape index (κ2) is 5.33. The van der Waals surface area contributed by atoms with Crippen LogP contribution in [0.1, 0.15) is 10.8 Å². The molecule has 0 radical (unpaired) electrons. The fourth-order valence-electron chi connectivity index (χ4n) is 2.35. The summed E-state index contributed by atoms with van der Waals surface area (Å²) in [7, 11) is -0.990. The summed E-state index contributed by atoms with van der Waals surface area (Å²) in [6.07, 6.45) is 0. The maximum absolute atomic E-state index is 10.2. The highest BCUT2D eigenvalue weighted by atomic mass is 32.3. The molecule has 106 valence electrons. The number of rotatable bonds is 3. The molecular formula is C15H16O3S2. The molecule has 0 fully saturated rings. The molecule has 3 nitrogen and oxygen atoms in total. The van der Waals surface area contributed by atoms with Gasteiger partial charge < -0.3 is 4.74 Å². The van der Waals surface area contributed by atoms with Crippen LogP contribution in [0, 0.1) is 0 Å². The van der Waals surface area contributed by atoms with Gasteiger partial charge in [-0.15, -0.1) is 11.8 Å². The van der Waals surface area contributed by atoms with Gasteiger partial charge in [0.2, 0.25) is 0 Å². The normalized spacial score (nSPS) is 21.2. The summed E-state index contributed by atoms with van der Waals surface area (Å²) in [5, 5.41) is 0.0876. The van der Waals surface area contributed by atoms with E-state index in [1.165, 1.54) is 0 Å². The summed E-state index contributed by atoms with van der Waals surface area (Å²) in [5.74, 6) is 1.22. The molecule has 0 saturated carbocycles. The number of hydrogen-bond donors (Lipinski definition) is 2. The molecule has 0 amide bonds. The van der Waals surface area contributed by atoms with E-state index < -0.39 is 10.6 Å². The predicted octanol–water partition coefficient (Wildman–Crippen LogP) is 4.65. The molecule has 0 aromatic heterocycles. The molecule has 2 aromatic carbocycles. The number of benzene rings is 2. The Morgan fingerprint density at radius 2 is 1.80 bits per heavy atom. The third-order valence-corrected chi connectivity index (χ3v) is 6.67. The van der Waals surface area contributed by atoms with Crippen molar-refractivity contribution in [3.05, 3.63) is 54.1 Å². The molecule has 20 heavy (non-hydrogen) atoms. The van der Waals surface area contributed by atoms with Crippen LogP contribution in [-0.2, 0) is 0 Å². The fourth-order valence-corrected chi connectivity index (χ4v) is 5.89. The first-order valence-corrected chi connectivity index (χ1v) is 8.85. The smallest absolute Gasteiger partial charge is 0.118 e. The van der Waals surface area contributed by atoms with Gasteiger partial charge in [-0.3, -0.25) is 9.11 Å². The van der Waals surface area contributed by atoms with Crippen molar-refractivity contribution in [1.29, 1.82) is 0 Å². The highest BCUT2D eigenvalue weighted by Crippen LogP contribution is 2.62. The minimum atomic E-state index is -2.63. The highest BCUT2D eigenvalue weighted by molar-refractivity contribution is 8.25. The van der Waals surface area contributed by atoms with E-state index in [1.54, 1.807) is 18.9 Å². The quantitative estimate of drug-likeness (QED) is 0.866. The zero-order valence-corrected chi connectivity index (χ0v) is 12.7. The summed E-state index contributed by atoms with van der Waals surface area (Å²) in [4.78, 5) is 1.80. The van der Waals surface area contributed by atoms with Gasteiger partial charge >= 0.3 is 0 Å². The number of thioether (sulfide) groups is 1. The SMILES string of the molecule is COc1ccc(SC2CS(O)(O)c3ccccc32)cc1. The Labute approximate surface area is 124 Å². The summed E-state index contributed by atoms with van der Waals surface area (Å²) in [6, 6.07) is 15.4. The van der Waals surface area contributed by atoms with Crippen LogP contribution in [0.2, 0.25) is 0 Å². The fraction of sp³-hybridized carbons (Fsp3) is 0.200. The topological polar surface area (TPSA) is 49.7 Å². The van der Waals surface area contributed by atoms with Crippen molar-refractivity contribution >= 4 is 22.4 Å². The molecule has 0 bridgehead atoms. The lowest BCUT2D eigenvalue weighted by atomic mass is 10.2. The lowest BCUT2D eigenvalue weighted by molar-refractivity contribution is 0.414. The maximum atomic E-state index is 10.2. The molecule has 3 rings (SSSR count). The minimum absolute atomic E-state index is 0.0876. The Kier molecular flexibility index (Phi) is 3.69. The molecular weight excluding hydrogens is 292 g/mol. The first kappa shape index (κ1) is 13.8. The molecule has 1 unspecified atom stereocenters. The Morgan fingerprint density at radius 3 is 2.50 bits per heavy atom. The monoisotopic (exact) mass is 308 g/mol. The summed E-state index contributed by atoms with van der Waals surface area (Å²) in [6.45, 7) is 0. The van der Waals surface area contributed by atoms with Crippen molar-refractivity contribution in [2.75, 3.05) is 12.9 Å². The van der Waals surface area contributed by atoms with E-state index in [0.717, 1.165) is 16.2 Å². The van der Waals surface area contributed by atoms with Crippen LogP contribution in [0.5, 0.6) is 5.75 Å². The first-order chi connectivity index (χ1) is 9.60. The Balaban J connectivity index is 1.85. The van der Waals surface area contributed by atoms with Gasteiger partial charge in [0.25, 0.3) is 0 Å². The van der Waals surface area contributed by atoms with Gasteiger partial charge in [0.15, 0.2) is 0 Å². The van der Waals surface area contributed by atoms with Crippen LogP contribution in [0.15, 0.2) is 58.3 Å². The van der Waals surface area contributed by atoms with E-state index >= 15 is 0 Å². The average molecular weight is 308 g/mol. The molecule has 1 heterocycles. The second-order valence-electron chi connectivity index (χ2n) is 4.65. The number of methoxy groups -OCH3 is 1. The van der Waals surface area contributed by atoms with Crippen LogP contribution in [0.3, 0.4) is 0 Å². The Morgan fingerprint density at radius 1 is 1.10 bits per heavy atom. The van der Waals surface area contributed by atoms with E-state index in [-0.39, 0.29) is 5.25 Å². The van der Waals surface area contributed by atoms with Crippen molar-refractivity contribution in [2.45, 2.75) is 15.0 Å². The molecule has 1 aliphatic heterocycles. The largest absolute Gasteiger partial charge is 0.497 e. The van der Waals surface area contributed by atoms with E-state index in [2.05, 4.69) is 0 Å². The zero-order valence-electron chi connectivity index (χ0n) is 11.0. The molecule has 1 atom stereocenters. The number of ether oxygens (including phenoxy) is 1. The van der Waals surface area contributed by atoms with Crippen LogP contribution in [0.4, 0.5) is 0 Å². The zero-order chi connectivity index (χ0) is 14.2. The van der Waals surface area contributed by atoms with Crippen molar-refractivity contribution in [3.63, 3.8) is 0 Å². The van der Waals surface area contributed by atoms with Crippen LogP contribution in [-0.4, -0.2) is 22.0 Å². The highest BCUT2D eigenvalue weighted by Gasteiger charge is 2.35. The number of hydrogen-bond acceptors (Lipinski definition) is 4. The lowest BCUT2D eigenvalue weighted by Crippen LogP contribution is -1.98. The molecule has 5 heteroatoms. The van der Waals surface area contributed by atoms with Gasteiger partial charge in [-0.05, 0) is 35.9 Å². The van der Waals surface area contributed by atoms with Gasteiger partial charge in [0.1, 0.15) is 5.75 Å². The van der Waals surface area contributed by atoms with E-state index in [1.807, 2.05) is 48.5 Å². The molecule has 2 N–H and O–H groups in total. The van der Waals surface area contributed by atoms with Gasteiger partial charge in [-0.25, -0.2) is 0 Å². The van der Waals surface area contributed by atoms with Crippen LogP contribution >= 0.6 is 22.4 Å². The summed E-state index contributed by atoms with van der Waals surface area (Å²) < 4.78 is 25.5. The van der Waals surface area contributed by atoms with Crippen molar-refractivity contribution in [3.8, 4) is 5.75 Å². The van der Waals surface area contributed by atoms with Crippen LogP contribution < -0.4 is 4.74 Å². The molecule has 0 aliphatic carbocycles. The third kappa shape index (κ3) is 2.54. The second-order valence-corrected chi connectivity index (χ2v) is 8.04. The van der Waals surface area contributed by atoms with E-state index in [4.69, 9.17) is 4.74 Å². The Bertz CT molecular complexity index is 611. The molecule has 0 saturated heterocycles. The molecule has 2 aromatic rings. The van der Waals surface area contributed by atoms with E-state index in [9.17, 15) is 9.11 Å². The van der Waals surface area contributed by atoms with Gasteiger partial charge in [0, 0.05) is 4.90 Å². The number of fused-ring (bicyclic) bond motifs is 1. The van der Waals surface area contributed by atoms with Gasteiger partial charge in [0.05, 0.1) is 23.0 Å². The maximum Gasteiger partial charge on any atom is 0.118 e. The minimum Gasteiger partial charge on any atom is -0.497 e. The Hall–Kier alpha value is -1.14. The van der Waals surface area contributed by atoms with E-state index in [0.29, 0.717) is 10.6 Å². The van der Waals surface area contributed by atoms with Crippen molar-refractivity contribution < 1.29 is 13.8 Å². The van der Waals surface area contributed by atoms with Crippen molar-refractivity contribution in [1.82, 2.24) is 0 Å². The van der Waals surface area contributed by atoms with Gasteiger partial charge in [-0.1, -0.05) is 18.2 Å². The summed E-state index contributed by atoms with van der Waals surface area (Å²) >= 11 is 1.66. The lowest BCUT2D eigenvalue weighted by Gasteiger charge is -2.27. The van der Waals surface area contributed by atoms with Crippen molar-refractivity contribution in [2.24, 2.45) is 0 Å². The first-order valence-electron chi connectivity index (χ1n) is 6.26. The molecule has 1 aliphatic rings. The predicted molar refractivity (Wildman–Crippen MR) is 84.0 cm³/mol. The average Bonchev–Trinajstić information content (AvgIpc) is 2.72. The molecule has 0 spiro atoms. The standard InChI is InChI=1S/C15H16O3S2/c1-18-11-6-8-12(9-7-11)19-14-10-20(16,17)15-5-3-2-4-13(14)15/h2-9,14,16-17H,10H2,1H3.